The van der Waals surface area contributed by atoms with Gasteiger partial charge in [-0.3, -0.25) is 14.4 Å². The number of amides is 1. The summed E-state index contributed by atoms with van der Waals surface area (Å²) in [5.41, 5.74) is 1.52. The second kappa shape index (κ2) is 10.4. The van der Waals surface area contributed by atoms with E-state index in [-0.39, 0.29) is 24.0 Å². The lowest BCUT2D eigenvalue weighted by Gasteiger charge is -2.41. The van der Waals surface area contributed by atoms with Crippen LogP contribution in [-0.4, -0.2) is 90.5 Å². The number of nitrogens with one attached hydrogen (secondary N) is 2. The molecule has 0 aliphatic carbocycles. The summed E-state index contributed by atoms with van der Waals surface area (Å²) in [5.74, 6) is -0.0683. The first-order chi connectivity index (χ1) is 17.2. The smallest absolute Gasteiger partial charge is 0.272 e. The van der Waals surface area contributed by atoms with E-state index in [0.29, 0.717) is 17.8 Å². The highest BCUT2D eigenvalue weighted by Gasteiger charge is 2.41. The molecule has 0 saturated carbocycles. The summed E-state index contributed by atoms with van der Waals surface area (Å²) < 4.78 is 28.0. The minimum absolute atomic E-state index is 0.0154. The highest BCUT2D eigenvalue weighted by molar-refractivity contribution is 7.88. The molecule has 4 heterocycles. The van der Waals surface area contributed by atoms with Gasteiger partial charge < -0.3 is 10.2 Å². The van der Waals surface area contributed by atoms with Gasteiger partial charge in [0.05, 0.1) is 11.8 Å². The van der Waals surface area contributed by atoms with Gasteiger partial charge in [-0.25, -0.2) is 13.1 Å². The standard InChI is InChI=1S/C26H40N6O3S/c1-18(2)32-24-9-5-4-8-23(24)25(28-32)26(33)27-20-15-21-10-11-22(16-20)31(21)14-13-30-12-6-7-19(17-30)29-36(3,34)35/h4-5,8-9,18-22,29H,6-7,10-17H2,1-3H3,(H,27,33)/t19?,20?,21-,22+. The molecular formula is C26H40N6O3S. The van der Waals surface area contributed by atoms with Gasteiger partial charge in [-0.2, -0.15) is 5.10 Å². The third-order valence-corrected chi connectivity index (χ3v) is 8.86. The van der Waals surface area contributed by atoms with Crippen molar-refractivity contribution < 1.29 is 13.2 Å². The van der Waals surface area contributed by atoms with E-state index in [1.807, 2.05) is 28.9 Å². The van der Waals surface area contributed by atoms with Crippen molar-refractivity contribution in [2.75, 3.05) is 32.4 Å². The van der Waals surface area contributed by atoms with Crippen molar-refractivity contribution in [3.63, 3.8) is 0 Å². The van der Waals surface area contributed by atoms with Crippen LogP contribution in [0.2, 0.25) is 0 Å². The molecule has 0 radical (unpaired) electrons. The van der Waals surface area contributed by atoms with Crippen LogP contribution >= 0.6 is 0 Å². The lowest BCUT2D eigenvalue weighted by Crippen LogP contribution is -2.53. The summed E-state index contributed by atoms with van der Waals surface area (Å²) in [5, 5.41) is 8.91. The Bertz CT molecular complexity index is 1180. The van der Waals surface area contributed by atoms with Crippen LogP contribution in [0.1, 0.15) is 68.9 Å². The lowest BCUT2D eigenvalue weighted by atomic mass is 9.97. The number of hydrogen-bond donors (Lipinski definition) is 2. The molecular weight excluding hydrogens is 476 g/mol. The number of carbonyl (C=O) groups is 1. The normalized spacial score (nSPS) is 27.7. The first-order valence-electron chi connectivity index (χ1n) is 13.4. The molecule has 2 bridgehead atoms. The number of aromatic nitrogens is 2. The Hall–Kier alpha value is -2.01. The van der Waals surface area contributed by atoms with Gasteiger partial charge in [0.25, 0.3) is 5.91 Å². The number of para-hydroxylation sites is 1. The van der Waals surface area contributed by atoms with Crippen molar-refractivity contribution in [1.29, 1.82) is 0 Å². The van der Waals surface area contributed by atoms with Crippen LogP contribution in [-0.2, 0) is 10.0 Å². The number of sulfonamides is 1. The van der Waals surface area contributed by atoms with E-state index in [1.165, 1.54) is 19.1 Å². The predicted molar refractivity (Wildman–Crippen MR) is 142 cm³/mol. The topological polar surface area (TPSA) is 99.6 Å². The number of piperidine rings is 2. The van der Waals surface area contributed by atoms with Gasteiger partial charge in [-0.1, -0.05) is 18.2 Å². The van der Waals surface area contributed by atoms with Crippen LogP contribution in [0.15, 0.2) is 24.3 Å². The minimum Gasteiger partial charge on any atom is -0.348 e. The molecule has 2 N–H and O–H groups in total. The second-order valence-corrected chi connectivity index (χ2v) is 13.0. The summed E-state index contributed by atoms with van der Waals surface area (Å²) in [4.78, 5) is 18.3. The van der Waals surface area contributed by atoms with Crippen LogP contribution in [0, 0.1) is 0 Å². The summed E-state index contributed by atoms with van der Waals surface area (Å²) in [6, 6.07) is 9.33. The maximum Gasteiger partial charge on any atom is 0.272 e. The molecule has 4 atom stereocenters. The SMILES string of the molecule is CC(C)n1nc(C(=O)NC2C[C@H]3CC[C@@H](C2)N3CCN2CCCC(NS(C)(=O)=O)C2)c2ccccc21. The first-order valence-corrected chi connectivity index (χ1v) is 15.3. The van der Waals surface area contributed by atoms with Gasteiger partial charge in [0.1, 0.15) is 0 Å². The zero-order valence-corrected chi connectivity index (χ0v) is 22.5. The van der Waals surface area contributed by atoms with Crippen LogP contribution in [0.4, 0.5) is 0 Å². The predicted octanol–water partition coefficient (Wildman–Crippen LogP) is 2.36. The largest absolute Gasteiger partial charge is 0.348 e. The molecule has 5 rings (SSSR count). The molecule has 3 saturated heterocycles. The second-order valence-electron chi connectivity index (χ2n) is 11.2. The van der Waals surface area contributed by atoms with Gasteiger partial charge in [0.15, 0.2) is 5.69 Å². The van der Waals surface area contributed by atoms with Crippen molar-refractivity contribution in [2.24, 2.45) is 0 Å². The third kappa shape index (κ3) is 5.61. The van der Waals surface area contributed by atoms with Gasteiger partial charge in [0, 0.05) is 55.2 Å². The number of fused-ring (bicyclic) bond motifs is 3. The molecule has 1 amide bonds. The summed E-state index contributed by atoms with van der Waals surface area (Å²) in [6.07, 6.45) is 7.48. The molecule has 9 nitrogen and oxygen atoms in total. The molecule has 3 aliphatic heterocycles. The maximum atomic E-state index is 13.3. The fraction of sp³-hybridized carbons (Fsp3) is 0.692. The van der Waals surface area contributed by atoms with Gasteiger partial charge in [0.2, 0.25) is 10.0 Å². The highest BCUT2D eigenvalue weighted by Crippen LogP contribution is 2.36. The molecule has 0 spiro atoms. The number of nitrogens with zero attached hydrogens (tertiary/aromatic N) is 4. The van der Waals surface area contributed by atoms with E-state index in [4.69, 9.17) is 0 Å². The molecule has 3 aliphatic rings. The van der Waals surface area contributed by atoms with E-state index in [0.717, 1.165) is 62.8 Å². The van der Waals surface area contributed by atoms with E-state index < -0.39 is 10.0 Å². The van der Waals surface area contributed by atoms with E-state index in [2.05, 4.69) is 38.8 Å². The molecule has 36 heavy (non-hydrogen) atoms. The van der Waals surface area contributed by atoms with Crippen molar-refractivity contribution >= 4 is 26.8 Å². The molecule has 3 fully saturated rings. The molecule has 1 aromatic heterocycles. The van der Waals surface area contributed by atoms with Crippen molar-refractivity contribution in [3.8, 4) is 0 Å². The Labute approximate surface area is 214 Å². The monoisotopic (exact) mass is 516 g/mol. The van der Waals surface area contributed by atoms with Crippen LogP contribution in [0.3, 0.4) is 0 Å². The van der Waals surface area contributed by atoms with E-state index in [1.54, 1.807) is 0 Å². The average molecular weight is 517 g/mol. The van der Waals surface area contributed by atoms with Crippen LogP contribution in [0.5, 0.6) is 0 Å². The van der Waals surface area contributed by atoms with E-state index >= 15 is 0 Å². The van der Waals surface area contributed by atoms with Crippen LogP contribution < -0.4 is 10.0 Å². The van der Waals surface area contributed by atoms with Crippen LogP contribution in [0.25, 0.3) is 10.9 Å². The van der Waals surface area contributed by atoms with Gasteiger partial charge in [-0.05, 0) is 65.0 Å². The third-order valence-electron chi connectivity index (χ3n) is 8.10. The molecule has 10 heteroatoms. The Kier molecular flexibility index (Phi) is 7.40. The molecule has 198 valence electrons. The fourth-order valence-electron chi connectivity index (χ4n) is 6.58. The molecule has 1 aromatic carbocycles. The number of carbonyl (C=O) groups excluding carboxylic acids is 1. The Balaban J connectivity index is 1.17. The Morgan fingerprint density at radius 1 is 1.08 bits per heavy atom. The fourth-order valence-corrected chi connectivity index (χ4v) is 7.37. The van der Waals surface area contributed by atoms with Gasteiger partial charge >= 0.3 is 0 Å². The zero-order chi connectivity index (χ0) is 25.4. The summed E-state index contributed by atoms with van der Waals surface area (Å²) >= 11 is 0. The summed E-state index contributed by atoms with van der Waals surface area (Å²) in [6.45, 7) is 7.95. The van der Waals surface area contributed by atoms with Crippen molar-refractivity contribution in [2.45, 2.75) is 82.6 Å². The minimum atomic E-state index is -3.17. The highest BCUT2D eigenvalue weighted by atomic mass is 32.2. The van der Waals surface area contributed by atoms with Crippen molar-refractivity contribution in [1.82, 2.24) is 29.6 Å². The lowest BCUT2D eigenvalue weighted by molar-refractivity contribution is 0.0785. The zero-order valence-electron chi connectivity index (χ0n) is 21.7. The molecule has 2 aromatic rings. The Morgan fingerprint density at radius 2 is 1.81 bits per heavy atom. The average Bonchev–Trinajstić information content (AvgIpc) is 3.32. The van der Waals surface area contributed by atoms with Crippen molar-refractivity contribution in [3.05, 3.63) is 30.0 Å². The summed E-state index contributed by atoms with van der Waals surface area (Å²) in [7, 11) is -3.17. The number of rotatable bonds is 8. The number of likely N-dealkylation sites (tertiary alicyclic amines) is 1. The quantitative estimate of drug-likeness (QED) is 0.559. The maximum absolute atomic E-state index is 13.3. The number of hydrogen-bond acceptors (Lipinski definition) is 6. The number of benzene rings is 1. The Morgan fingerprint density at radius 3 is 2.50 bits per heavy atom. The first kappa shape index (κ1) is 25.6. The van der Waals surface area contributed by atoms with E-state index in [9.17, 15) is 13.2 Å². The van der Waals surface area contributed by atoms with Gasteiger partial charge in [-0.15, -0.1) is 0 Å². The molecule has 2 unspecified atom stereocenters.